The first-order chi connectivity index (χ1) is 16.0. The van der Waals surface area contributed by atoms with Gasteiger partial charge in [-0.3, -0.25) is 4.68 Å². The molecule has 1 fully saturated rings. The lowest BCUT2D eigenvalue weighted by Gasteiger charge is -2.37. The Bertz CT molecular complexity index is 1230. The van der Waals surface area contributed by atoms with Crippen LogP contribution in [0, 0.1) is 5.92 Å². The average Bonchev–Trinajstić information content (AvgIpc) is 3.49. The number of aromatic nitrogens is 7. The predicted octanol–water partition coefficient (Wildman–Crippen LogP) is 3.03. The molecule has 11 heteroatoms. The summed E-state index contributed by atoms with van der Waals surface area (Å²) in [5.74, 6) is 2.77. The third kappa shape index (κ3) is 4.23. The number of nitrogens with one attached hydrogen (secondary N) is 2. The van der Waals surface area contributed by atoms with Gasteiger partial charge >= 0.3 is 0 Å². The number of hydrogen-bond donors (Lipinski definition) is 2. The highest BCUT2D eigenvalue weighted by Crippen LogP contribution is 2.30. The van der Waals surface area contributed by atoms with Crippen molar-refractivity contribution in [2.24, 2.45) is 5.92 Å². The molecule has 172 valence electrons. The molecule has 1 aliphatic heterocycles. The Balaban J connectivity index is 1.49. The maximum atomic E-state index is 5.47. The normalized spacial score (nSPS) is 16.8. The van der Waals surface area contributed by atoms with Crippen LogP contribution >= 0.6 is 0 Å². The van der Waals surface area contributed by atoms with E-state index < -0.39 is 0 Å². The molecule has 2 N–H and O–H groups in total. The molecule has 4 aromatic heterocycles. The first kappa shape index (κ1) is 21.3. The highest BCUT2D eigenvalue weighted by molar-refractivity contribution is 5.81. The Morgan fingerprint density at radius 2 is 2.03 bits per heavy atom. The molecule has 5 rings (SSSR count). The molecule has 0 amide bonds. The van der Waals surface area contributed by atoms with Gasteiger partial charge in [0.15, 0.2) is 0 Å². The monoisotopic (exact) mass is 448 g/mol. The van der Waals surface area contributed by atoms with Crippen molar-refractivity contribution in [2.45, 2.75) is 39.8 Å². The fourth-order valence-electron chi connectivity index (χ4n) is 4.07. The molecule has 0 aromatic carbocycles. The van der Waals surface area contributed by atoms with Crippen molar-refractivity contribution < 1.29 is 4.42 Å². The van der Waals surface area contributed by atoms with Gasteiger partial charge in [0.05, 0.1) is 17.3 Å². The van der Waals surface area contributed by atoms with E-state index in [0.717, 1.165) is 36.4 Å². The van der Waals surface area contributed by atoms with Crippen LogP contribution in [0.3, 0.4) is 0 Å². The van der Waals surface area contributed by atoms with Gasteiger partial charge in [-0.15, -0.1) is 10.2 Å². The van der Waals surface area contributed by atoms with Gasteiger partial charge in [-0.05, 0) is 19.8 Å². The number of fused-ring (bicyclic) bond motifs is 1. The summed E-state index contributed by atoms with van der Waals surface area (Å²) in [5.41, 5.74) is 1.72. The minimum Gasteiger partial charge on any atom is -0.423 e. The third-order valence-electron chi connectivity index (χ3n) is 5.88. The van der Waals surface area contributed by atoms with E-state index in [1.54, 1.807) is 12.4 Å². The lowest BCUT2D eigenvalue weighted by Crippen LogP contribution is -2.53. The molecular weight excluding hydrogens is 420 g/mol. The van der Waals surface area contributed by atoms with E-state index in [0.29, 0.717) is 35.2 Å². The van der Waals surface area contributed by atoms with Gasteiger partial charge in [0.1, 0.15) is 11.6 Å². The quantitative estimate of drug-likeness (QED) is 0.455. The van der Waals surface area contributed by atoms with Gasteiger partial charge in [0.2, 0.25) is 12.3 Å². The van der Waals surface area contributed by atoms with E-state index >= 15 is 0 Å². The zero-order chi connectivity index (χ0) is 22.9. The number of rotatable bonds is 6. The Morgan fingerprint density at radius 3 is 2.79 bits per heavy atom. The fourth-order valence-corrected chi connectivity index (χ4v) is 4.07. The van der Waals surface area contributed by atoms with E-state index in [1.165, 1.54) is 6.39 Å². The van der Waals surface area contributed by atoms with Crippen LogP contribution in [0.1, 0.15) is 33.7 Å². The number of nitrogens with zero attached hydrogens (tertiary/aromatic N) is 8. The van der Waals surface area contributed by atoms with Crippen LogP contribution in [0.2, 0.25) is 0 Å². The van der Waals surface area contributed by atoms with Crippen LogP contribution < -0.4 is 15.5 Å². The maximum absolute atomic E-state index is 5.47. The summed E-state index contributed by atoms with van der Waals surface area (Å²) in [4.78, 5) is 16.1. The standard InChI is InChI=1S/C22H28N10O/c1-13(2)17-11-31(6-5-23-17)20-16(21-30-26-12-33-21)10-25-22(29-20)28-19-7-18-15(8-24-19)9-27-32(18)14(3)4/h7-10,12-14,17,23H,5-6,11H2,1-4H3,(H,24,25,28,29)/t17-/m1/s1. The van der Waals surface area contributed by atoms with Crippen molar-refractivity contribution in [1.29, 1.82) is 0 Å². The fraction of sp³-hybridized carbons (Fsp3) is 0.455. The largest absolute Gasteiger partial charge is 0.423 e. The van der Waals surface area contributed by atoms with Crippen molar-refractivity contribution in [3.05, 3.63) is 31.1 Å². The van der Waals surface area contributed by atoms with Crippen LogP contribution in [0.15, 0.2) is 35.5 Å². The molecule has 1 saturated heterocycles. The van der Waals surface area contributed by atoms with Gasteiger partial charge in [0, 0.05) is 55.6 Å². The predicted molar refractivity (Wildman–Crippen MR) is 125 cm³/mol. The smallest absolute Gasteiger partial charge is 0.252 e. The van der Waals surface area contributed by atoms with Gasteiger partial charge in [-0.25, -0.2) is 9.97 Å². The molecule has 0 bridgehead atoms. The maximum Gasteiger partial charge on any atom is 0.252 e. The van der Waals surface area contributed by atoms with Crippen LogP contribution in [0.5, 0.6) is 0 Å². The highest BCUT2D eigenvalue weighted by atomic mass is 16.4. The zero-order valence-electron chi connectivity index (χ0n) is 19.2. The summed E-state index contributed by atoms with van der Waals surface area (Å²) in [6.45, 7) is 11.2. The third-order valence-corrected chi connectivity index (χ3v) is 5.88. The number of hydrogen-bond acceptors (Lipinski definition) is 10. The molecule has 0 radical (unpaired) electrons. The molecule has 5 heterocycles. The van der Waals surface area contributed by atoms with Crippen LogP contribution in [0.4, 0.5) is 17.6 Å². The van der Waals surface area contributed by atoms with E-state index in [9.17, 15) is 0 Å². The van der Waals surface area contributed by atoms with Gasteiger partial charge in [0.25, 0.3) is 5.89 Å². The van der Waals surface area contributed by atoms with E-state index in [-0.39, 0.29) is 6.04 Å². The SMILES string of the molecule is CC(C)[C@H]1CN(c2nc(Nc3cc4c(cn3)cnn4C(C)C)ncc2-c2nnco2)CCN1. The summed E-state index contributed by atoms with van der Waals surface area (Å²) >= 11 is 0. The lowest BCUT2D eigenvalue weighted by atomic mass is 10.0. The van der Waals surface area contributed by atoms with Gasteiger partial charge in [-0.1, -0.05) is 13.8 Å². The van der Waals surface area contributed by atoms with Crippen LogP contribution in [0.25, 0.3) is 22.4 Å². The Labute approximate surface area is 191 Å². The Kier molecular flexibility index (Phi) is 5.63. The van der Waals surface area contributed by atoms with Gasteiger partial charge < -0.3 is 20.0 Å². The molecule has 1 aliphatic rings. The number of piperazine rings is 1. The van der Waals surface area contributed by atoms with Crippen LogP contribution in [-0.2, 0) is 0 Å². The van der Waals surface area contributed by atoms with Crippen molar-refractivity contribution in [3.63, 3.8) is 0 Å². The minimum atomic E-state index is 0.246. The van der Waals surface area contributed by atoms with E-state index in [4.69, 9.17) is 9.40 Å². The summed E-state index contributed by atoms with van der Waals surface area (Å²) in [7, 11) is 0. The van der Waals surface area contributed by atoms with E-state index in [1.807, 2.05) is 16.9 Å². The van der Waals surface area contributed by atoms with Gasteiger partial charge in [-0.2, -0.15) is 10.1 Å². The lowest BCUT2D eigenvalue weighted by molar-refractivity contribution is 0.367. The average molecular weight is 449 g/mol. The molecule has 0 spiro atoms. The summed E-state index contributed by atoms with van der Waals surface area (Å²) in [6.07, 6.45) is 6.68. The molecule has 0 aliphatic carbocycles. The summed E-state index contributed by atoms with van der Waals surface area (Å²) < 4.78 is 7.44. The first-order valence-electron chi connectivity index (χ1n) is 11.2. The zero-order valence-corrected chi connectivity index (χ0v) is 19.2. The minimum absolute atomic E-state index is 0.246. The number of pyridine rings is 1. The molecule has 0 unspecified atom stereocenters. The van der Waals surface area contributed by atoms with Crippen LogP contribution in [-0.4, -0.2) is 60.6 Å². The molecular formula is C22H28N10O. The molecule has 4 aromatic rings. The molecule has 1 atom stereocenters. The van der Waals surface area contributed by atoms with Crippen molar-refractivity contribution in [3.8, 4) is 11.5 Å². The van der Waals surface area contributed by atoms with Crippen molar-refractivity contribution >= 4 is 28.5 Å². The second kappa shape index (κ2) is 8.74. The first-order valence-corrected chi connectivity index (χ1v) is 11.2. The number of anilines is 3. The van der Waals surface area contributed by atoms with E-state index in [2.05, 4.69) is 68.5 Å². The highest BCUT2D eigenvalue weighted by Gasteiger charge is 2.26. The Morgan fingerprint density at radius 1 is 1.15 bits per heavy atom. The Hall–Kier alpha value is -3.60. The second-order valence-electron chi connectivity index (χ2n) is 8.86. The molecule has 33 heavy (non-hydrogen) atoms. The van der Waals surface area contributed by atoms with Crippen molar-refractivity contribution in [2.75, 3.05) is 29.9 Å². The summed E-state index contributed by atoms with van der Waals surface area (Å²) in [5, 5.41) is 20.2. The second-order valence-corrected chi connectivity index (χ2v) is 8.86. The topological polar surface area (TPSA) is 123 Å². The van der Waals surface area contributed by atoms with Crippen molar-refractivity contribution in [1.82, 2.24) is 40.2 Å². The molecule has 0 saturated carbocycles. The molecule has 11 nitrogen and oxygen atoms in total. The summed E-state index contributed by atoms with van der Waals surface area (Å²) in [6, 6.07) is 2.58.